The summed E-state index contributed by atoms with van der Waals surface area (Å²) in [5.74, 6) is -0.791. The van der Waals surface area contributed by atoms with E-state index >= 15 is 0 Å². The van der Waals surface area contributed by atoms with Crippen LogP contribution in [0.4, 0.5) is 0 Å². The molecule has 1 aromatic heterocycles. The second kappa shape index (κ2) is 4.52. The fourth-order valence-corrected chi connectivity index (χ4v) is 2.06. The Bertz CT molecular complexity index is 428. The van der Waals surface area contributed by atoms with Gasteiger partial charge >= 0.3 is 5.97 Å². The summed E-state index contributed by atoms with van der Waals surface area (Å²) in [5.41, 5.74) is 0.749. The number of rotatable bonds is 3. The van der Waals surface area contributed by atoms with Crippen LogP contribution in [0.15, 0.2) is 4.79 Å². The smallest absolute Gasteiger partial charge is 0.308 e. The topological polar surface area (TPSA) is 95.2 Å². The van der Waals surface area contributed by atoms with E-state index in [1.807, 2.05) is 0 Å². The molecule has 6 nitrogen and oxygen atoms in total. The van der Waals surface area contributed by atoms with Gasteiger partial charge in [-0.05, 0) is 12.8 Å². The Kier molecular flexibility index (Phi) is 3.09. The number of hydrogen-bond donors (Lipinski definition) is 3. The molecule has 3 N–H and O–H groups in total. The molecule has 0 aromatic carbocycles. The van der Waals surface area contributed by atoms with Crippen molar-refractivity contribution in [2.75, 3.05) is 13.2 Å². The minimum Gasteiger partial charge on any atom is -0.481 e. The van der Waals surface area contributed by atoms with Gasteiger partial charge in [-0.15, -0.1) is 0 Å². The first-order chi connectivity index (χ1) is 7.68. The normalized spacial score (nSPS) is 17.5. The van der Waals surface area contributed by atoms with Crippen LogP contribution >= 0.6 is 0 Å². The molecule has 88 valence electrons. The Morgan fingerprint density at radius 3 is 2.69 bits per heavy atom. The van der Waals surface area contributed by atoms with Crippen molar-refractivity contribution in [1.29, 1.82) is 0 Å². The molecular formula is C10H14N2O4. The molecule has 1 aliphatic heterocycles. The summed E-state index contributed by atoms with van der Waals surface area (Å²) >= 11 is 0. The highest BCUT2D eigenvalue weighted by atomic mass is 16.5. The predicted molar refractivity (Wildman–Crippen MR) is 55.5 cm³/mol. The zero-order valence-electron chi connectivity index (χ0n) is 8.78. The van der Waals surface area contributed by atoms with Gasteiger partial charge in [-0.1, -0.05) is 0 Å². The monoisotopic (exact) mass is 226 g/mol. The highest BCUT2D eigenvalue weighted by Gasteiger charge is 2.23. The third-order valence-electron chi connectivity index (χ3n) is 2.87. The lowest BCUT2D eigenvalue weighted by Crippen LogP contribution is -2.18. The molecule has 0 radical (unpaired) electrons. The van der Waals surface area contributed by atoms with Gasteiger partial charge in [0.2, 0.25) is 0 Å². The van der Waals surface area contributed by atoms with Gasteiger partial charge in [0.05, 0.1) is 12.0 Å². The molecule has 1 aromatic rings. The molecule has 6 heteroatoms. The van der Waals surface area contributed by atoms with Crippen molar-refractivity contribution >= 4 is 5.97 Å². The lowest BCUT2D eigenvalue weighted by molar-refractivity contribution is -0.136. The van der Waals surface area contributed by atoms with Gasteiger partial charge in [0.25, 0.3) is 5.56 Å². The highest BCUT2D eigenvalue weighted by molar-refractivity contribution is 5.70. The SMILES string of the molecule is O=C(O)Cc1c(C2CCOCC2)[nH][nH]c1=O. The Labute approximate surface area is 91.6 Å². The maximum atomic E-state index is 11.4. The molecule has 0 amide bonds. The van der Waals surface area contributed by atoms with Crippen LogP contribution in [0.25, 0.3) is 0 Å². The van der Waals surface area contributed by atoms with Gasteiger partial charge in [0.15, 0.2) is 0 Å². The third kappa shape index (κ3) is 2.16. The van der Waals surface area contributed by atoms with Crippen molar-refractivity contribution in [2.45, 2.75) is 25.2 Å². The first-order valence-electron chi connectivity index (χ1n) is 5.27. The number of carbonyl (C=O) groups is 1. The van der Waals surface area contributed by atoms with Crippen LogP contribution < -0.4 is 5.56 Å². The maximum absolute atomic E-state index is 11.4. The third-order valence-corrected chi connectivity index (χ3v) is 2.87. The van der Waals surface area contributed by atoms with Crippen LogP contribution in [0.3, 0.4) is 0 Å². The van der Waals surface area contributed by atoms with E-state index in [1.165, 1.54) is 0 Å². The van der Waals surface area contributed by atoms with Gasteiger partial charge in [-0.3, -0.25) is 14.7 Å². The number of H-pyrrole nitrogens is 2. The zero-order chi connectivity index (χ0) is 11.5. The summed E-state index contributed by atoms with van der Waals surface area (Å²) in [5, 5.41) is 14.0. The van der Waals surface area contributed by atoms with Crippen LogP contribution in [0, 0.1) is 0 Å². The van der Waals surface area contributed by atoms with E-state index in [1.54, 1.807) is 0 Å². The Balaban J connectivity index is 2.25. The Morgan fingerprint density at radius 2 is 2.06 bits per heavy atom. The number of aromatic amines is 2. The van der Waals surface area contributed by atoms with Gasteiger partial charge < -0.3 is 14.9 Å². The summed E-state index contributed by atoms with van der Waals surface area (Å²) in [4.78, 5) is 22.1. The first kappa shape index (κ1) is 10.9. The zero-order valence-corrected chi connectivity index (χ0v) is 8.78. The molecule has 0 atom stereocenters. The molecule has 1 saturated heterocycles. The van der Waals surface area contributed by atoms with E-state index in [2.05, 4.69) is 10.2 Å². The van der Waals surface area contributed by atoms with Crippen molar-refractivity contribution in [3.05, 3.63) is 21.6 Å². The minimum absolute atomic E-state index is 0.196. The lowest BCUT2D eigenvalue weighted by atomic mass is 9.93. The number of aliphatic carboxylic acids is 1. The van der Waals surface area contributed by atoms with Crippen molar-refractivity contribution < 1.29 is 14.6 Å². The van der Waals surface area contributed by atoms with E-state index in [4.69, 9.17) is 9.84 Å². The number of carboxylic acids is 1. The molecule has 1 aliphatic rings. The summed E-state index contributed by atoms with van der Waals surface area (Å²) in [6.45, 7) is 1.31. The number of ether oxygens (including phenoxy) is 1. The van der Waals surface area contributed by atoms with Crippen molar-refractivity contribution in [1.82, 2.24) is 10.2 Å². The standard InChI is InChI=1S/C10H14N2O4/c13-8(14)5-7-9(11-12-10(7)15)6-1-3-16-4-2-6/h6H,1-5H2,(H,13,14)(H2,11,12,15). The summed E-state index contributed by atoms with van der Waals surface area (Å²) in [6, 6.07) is 0. The van der Waals surface area contributed by atoms with E-state index in [-0.39, 0.29) is 17.9 Å². The molecule has 0 saturated carbocycles. The number of nitrogens with one attached hydrogen (secondary N) is 2. The predicted octanol–water partition coefficient (Wildman–Crippen LogP) is 0.224. The van der Waals surface area contributed by atoms with Gasteiger partial charge in [-0.2, -0.15) is 0 Å². The van der Waals surface area contributed by atoms with Crippen LogP contribution in [0.5, 0.6) is 0 Å². The van der Waals surface area contributed by atoms with Crippen molar-refractivity contribution in [3.8, 4) is 0 Å². The summed E-state index contributed by atoms with van der Waals surface area (Å²) in [7, 11) is 0. The van der Waals surface area contributed by atoms with E-state index < -0.39 is 5.97 Å². The van der Waals surface area contributed by atoms with Gasteiger partial charge in [0.1, 0.15) is 0 Å². The van der Waals surface area contributed by atoms with Crippen LogP contribution in [0.2, 0.25) is 0 Å². The molecule has 0 spiro atoms. The highest BCUT2D eigenvalue weighted by Crippen LogP contribution is 2.26. The largest absolute Gasteiger partial charge is 0.481 e. The molecule has 0 aliphatic carbocycles. The maximum Gasteiger partial charge on any atom is 0.308 e. The lowest BCUT2D eigenvalue weighted by Gasteiger charge is -2.21. The number of aromatic nitrogens is 2. The van der Waals surface area contributed by atoms with Crippen molar-refractivity contribution in [2.24, 2.45) is 0 Å². The number of carboxylic acid groups (broad SMARTS) is 1. The molecule has 0 bridgehead atoms. The van der Waals surface area contributed by atoms with E-state index in [0.29, 0.717) is 18.8 Å². The van der Waals surface area contributed by atoms with Gasteiger partial charge in [-0.25, -0.2) is 0 Å². The fraction of sp³-hybridized carbons (Fsp3) is 0.600. The fourth-order valence-electron chi connectivity index (χ4n) is 2.06. The molecule has 2 rings (SSSR count). The summed E-state index contributed by atoms with van der Waals surface area (Å²) in [6.07, 6.45) is 1.41. The molecule has 0 unspecified atom stereocenters. The summed E-state index contributed by atoms with van der Waals surface area (Å²) < 4.78 is 5.23. The average molecular weight is 226 g/mol. The second-order valence-corrected chi connectivity index (χ2v) is 3.93. The Morgan fingerprint density at radius 1 is 1.38 bits per heavy atom. The first-order valence-corrected chi connectivity index (χ1v) is 5.27. The minimum atomic E-state index is -0.988. The van der Waals surface area contributed by atoms with Crippen molar-refractivity contribution in [3.63, 3.8) is 0 Å². The quantitative estimate of drug-likeness (QED) is 0.687. The van der Waals surface area contributed by atoms with E-state index in [9.17, 15) is 9.59 Å². The second-order valence-electron chi connectivity index (χ2n) is 3.93. The number of hydrogen-bond acceptors (Lipinski definition) is 3. The van der Waals surface area contributed by atoms with Crippen LogP contribution in [-0.2, 0) is 16.0 Å². The van der Waals surface area contributed by atoms with Crippen LogP contribution in [-0.4, -0.2) is 34.5 Å². The average Bonchev–Trinajstić information content (AvgIpc) is 2.61. The van der Waals surface area contributed by atoms with Gasteiger partial charge in [0, 0.05) is 24.8 Å². The Hall–Kier alpha value is -1.56. The molecular weight excluding hydrogens is 212 g/mol. The molecule has 1 fully saturated rings. The molecule has 16 heavy (non-hydrogen) atoms. The van der Waals surface area contributed by atoms with Crippen LogP contribution in [0.1, 0.15) is 30.0 Å². The molecule has 2 heterocycles. The van der Waals surface area contributed by atoms with E-state index in [0.717, 1.165) is 18.5 Å².